The van der Waals surface area contributed by atoms with Gasteiger partial charge < -0.3 is 16.2 Å². The number of nitrogens with two attached hydrogens (primary N) is 1. The summed E-state index contributed by atoms with van der Waals surface area (Å²) in [6.45, 7) is -0.330. The summed E-state index contributed by atoms with van der Waals surface area (Å²) in [6.07, 6.45) is 5.87. The molecule has 80 valence electrons. The molecule has 2 atom stereocenters. The molecule has 4 N–H and O–H groups in total. The Balaban J connectivity index is 2.63. The third-order valence-electron chi connectivity index (χ3n) is 2.14. The predicted molar refractivity (Wildman–Crippen MR) is 49.8 cm³/mol. The number of aliphatic hydroxyl groups excluding tert-OH is 1. The zero-order chi connectivity index (χ0) is 10.6. The van der Waals surface area contributed by atoms with Crippen LogP contribution in [0.15, 0.2) is 24.4 Å². The van der Waals surface area contributed by atoms with E-state index in [0.29, 0.717) is 0 Å². The smallest absolute Gasteiger partial charge is 0.286 e. The minimum atomic E-state index is -3.05. The van der Waals surface area contributed by atoms with E-state index in [1.165, 1.54) is 12.3 Å². The molecular formula is C9H14F2N2O. The van der Waals surface area contributed by atoms with Crippen LogP contribution >= 0.6 is 0 Å². The Bertz CT molecular complexity index is 241. The monoisotopic (exact) mass is 204 g/mol. The first-order valence-electron chi connectivity index (χ1n) is 4.42. The van der Waals surface area contributed by atoms with E-state index in [2.05, 4.69) is 5.32 Å². The van der Waals surface area contributed by atoms with Crippen LogP contribution in [0.2, 0.25) is 0 Å². The molecule has 0 aromatic carbocycles. The molecule has 1 aliphatic heterocycles. The van der Waals surface area contributed by atoms with Crippen molar-refractivity contribution in [2.75, 3.05) is 6.61 Å². The summed E-state index contributed by atoms with van der Waals surface area (Å²) in [5.74, 6) is -3.05. The Morgan fingerprint density at radius 1 is 1.50 bits per heavy atom. The van der Waals surface area contributed by atoms with Gasteiger partial charge in [-0.2, -0.15) is 0 Å². The molecule has 0 saturated heterocycles. The van der Waals surface area contributed by atoms with E-state index in [9.17, 15) is 8.78 Å². The Morgan fingerprint density at radius 3 is 2.71 bits per heavy atom. The fourth-order valence-corrected chi connectivity index (χ4v) is 1.25. The number of aliphatic hydroxyl groups is 1. The molecule has 0 spiro atoms. The Morgan fingerprint density at radius 2 is 2.21 bits per heavy atom. The van der Waals surface area contributed by atoms with E-state index in [1.807, 2.05) is 0 Å². The minimum absolute atomic E-state index is 0.108. The van der Waals surface area contributed by atoms with Crippen LogP contribution in [0.25, 0.3) is 0 Å². The molecule has 5 heteroatoms. The predicted octanol–water partition coefficient (Wildman–Crippen LogP) is 0.373. The van der Waals surface area contributed by atoms with Crippen molar-refractivity contribution in [1.82, 2.24) is 5.32 Å². The molecule has 0 aromatic heterocycles. The zero-order valence-electron chi connectivity index (χ0n) is 7.66. The van der Waals surface area contributed by atoms with Gasteiger partial charge in [0.2, 0.25) is 0 Å². The van der Waals surface area contributed by atoms with Crippen LogP contribution in [-0.4, -0.2) is 29.7 Å². The standard InChI is InChI=1S/C9H14F2N2O/c10-9(11,7(12)4-6-14)8-3-1-2-5-13-8/h1-3,5,7-8,13-14H,4,6,12H2/t7-,8?/m0/s1. The molecule has 0 amide bonds. The van der Waals surface area contributed by atoms with Crippen molar-refractivity contribution >= 4 is 0 Å². The Labute approximate surface area is 81.3 Å². The van der Waals surface area contributed by atoms with Gasteiger partial charge in [0, 0.05) is 6.61 Å². The number of nitrogens with one attached hydrogen (secondary N) is 1. The van der Waals surface area contributed by atoms with Gasteiger partial charge in [-0.05, 0) is 18.7 Å². The van der Waals surface area contributed by atoms with Gasteiger partial charge in [-0.1, -0.05) is 12.2 Å². The Kier molecular flexibility index (Phi) is 3.60. The molecule has 1 aliphatic rings. The molecule has 0 radical (unpaired) electrons. The molecule has 1 unspecified atom stereocenters. The van der Waals surface area contributed by atoms with Gasteiger partial charge >= 0.3 is 0 Å². The fraction of sp³-hybridized carbons (Fsp3) is 0.556. The van der Waals surface area contributed by atoms with Gasteiger partial charge in [-0.15, -0.1) is 0 Å². The zero-order valence-corrected chi connectivity index (χ0v) is 7.66. The molecule has 0 aromatic rings. The van der Waals surface area contributed by atoms with E-state index in [0.717, 1.165) is 0 Å². The van der Waals surface area contributed by atoms with Crippen molar-refractivity contribution in [3.05, 3.63) is 24.4 Å². The van der Waals surface area contributed by atoms with Gasteiger partial charge in [0.15, 0.2) is 0 Å². The molecule has 14 heavy (non-hydrogen) atoms. The highest BCUT2D eigenvalue weighted by molar-refractivity contribution is 5.16. The number of alkyl halides is 2. The summed E-state index contributed by atoms with van der Waals surface area (Å²) in [5.41, 5.74) is 5.28. The third kappa shape index (κ3) is 2.30. The van der Waals surface area contributed by atoms with Crippen LogP contribution in [0, 0.1) is 0 Å². The van der Waals surface area contributed by atoms with Crippen molar-refractivity contribution in [2.24, 2.45) is 5.73 Å². The highest BCUT2D eigenvalue weighted by Gasteiger charge is 2.43. The molecule has 0 saturated carbocycles. The van der Waals surface area contributed by atoms with E-state index < -0.39 is 18.0 Å². The van der Waals surface area contributed by atoms with Gasteiger partial charge in [0.05, 0.1) is 6.04 Å². The summed E-state index contributed by atoms with van der Waals surface area (Å²) in [7, 11) is 0. The highest BCUT2D eigenvalue weighted by atomic mass is 19.3. The summed E-state index contributed by atoms with van der Waals surface area (Å²) < 4.78 is 27.0. The summed E-state index contributed by atoms with van der Waals surface area (Å²) in [6, 6.07) is -2.42. The highest BCUT2D eigenvalue weighted by Crippen LogP contribution is 2.25. The molecule has 1 heterocycles. The molecule has 1 rings (SSSR count). The van der Waals surface area contributed by atoms with Crippen LogP contribution in [0.3, 0.4) is 0 Å². The third-order valence-corrected chi connectivity index (χ3v) is 2.14. The van der Waals surface area contributed by atoms with Crippen LogP contribution < -0.4 is 11.1 Å². The first-order valence-corrected chi connectivity index (χ1v) is 4.42. The van der Waals surface area contributed by atoms with Crippen LogP contribution in [0.5, 0.6) is 0 Å². The lowest BCUT2D eigenvalue weighted by atomic mass is 9.99. The molecule has 0 aliphatic carbocycles. The number of halogens is 2. The number of allylic oxidation sites excluding steroid dienone is 2. The fourth-order valence-electron chi connectivity index (χ4n) is 1.25. The SMILES string of the molecule is N[C@@H](CCO)C(F)(F)C1C=CC=CN1. The first-order chi connectivity index (χ1) is 6.59. The lowest BCUT2D eigenvalue weighted by Crippen LogP contribution is -2.54. The van der Waals surface area contributed by atoms with Gasteiger partial charge in [0.25, 0.3) is 5.92 Å². The average molecular weight is 204 g/mol. The molecule has 3 nitrogen and oxygen atoms in total. The lowest BCUT2D eigenvalue weighted by Gasteiger charge is -2.30. The number of dihydropyridines is 1. The second-order valence-corrected chi connectivity index (χ2v) is 3.18. The van der Waals surface area contributed by atoms with Crippen molar-refractivity contribution in [3.8, 4) is 0 Å². The maximum atomic E-state index is 13.5. The van der Waals surface area contributed by atoms with Crippen LogP contribution in [0.4, 0.5) is 8.78 Å². The maximum Gasteiger partial charge on any atom is 0.286 e. The summed E-state index contributed by atoms with van der Waals surface area (Å²) >= 11 is 0. The van der Waals surface area contributed by atoms with Gasteiger partial charge in [0.1, 0.15) is 6.04 Å². The number of hydrogen-bond donors (Lipinski definition) is 3. The van der Waals surface area contributed by atoms with E-state index in [-0.39, 0.29) is 13.0 Å². The van der Waals surface area contributed by atoms with Gasteiger partial charge in [-0.3, -0.25) is 0 Å². The topological polar surface area (TPSA) is 58.3 Å². The van der Waals surface area contributed by atoms with Crippen molar-refractivity contribution in [3.63, 3.8) is 0 Å². The molecule has 0 bridgehead atoms. The quantitative estimate of drug-likeness (QED) is 0.620. The van der Waals surface area contributed by atoms with E-state index in [1.54, 1.807) is 12.2 Å². The van der Waals surface area contributed by atoms with E-state index in [4.69, 9.17) is 10.8 Å². The first kappa shape index (κ1) is 11.1. The minimum Gasteiger partial charge on any atom is -0.396 e. The molecule has 0 fully saturated rings. The van der Waals surface area contributed by atoms with Crippen molar-refractivity contribution in [1.29, 1.82) is 0 Å². The van der Waals surface area contributed by atoms with Crippen molar-refractivity contribution < 1.29 is 13.9 Å². The van der Waals surface area contributed by atoms with Crippen LogP contribution in [-0.2, 0) is 0 Å². The van der Waals surface area contributed by atoms with Crippen LogP contribution in [0.1, 0.15) is 6.42 Å². The summed E-state index contributed by atoms with van der Waals surface area (Å²) in [4.78, 5) is 0. The normalized spacial score (nSPS) is 23.3. The Hall–Kier alpha value is -0.940. The average Bonchev–Trinajstić information content (AvgIpc) is 2.19. The molecular weight excluding hydrogens is 190 g/mol. The maximum absolute atomic E-state index is 13.5. The van der Waals surface area contributed by atoms with Crippen molar-refractivity contribution in [2.45, 2.75) is 24.4 Å². The second kappa shape index (κ2) is 4.52. The van der Waals surface area contributed by atoms with Gasteiger partial charge in [-0.25, -0.2) is 8.78 Å². The largest absolute Gasteiger partial charge is 0.396 e. The lowest BCUT2D eigenvalue weighted by molar-refractivity contribution is -0.0486. The number of rotatable bonds is 4. The second-order valence-electron chi connectivity index (χ2n) is 3.18. The summed E-state index contributed by atoms with van der Waals surface area (Å²) in [5, 5.41) is 11.1. The van der Waals surface area contributed by atoms with E-state index >= 15 is 0 Å². The number of hydrogen-bond acceptors (Lipinski definition) is 3.